The van der Waals surface area contributed by atoms with Crippen LogP contribution in [0.25, 0.3) is 0 Å². The molecule has 2 fully saturated rings. The Morgan fingerprint density at radius 2 is 1.94 bits per heavy atom. The Hall–Kier alpha value is -0.820. The SMILES string of the molecule is CCCC1CC1(N)C1(c2ccccc2)CC1. The molecular formula is C15H21N. The van der Waals surface area contributed by atoms with Gasteiger partial charge in [-0.05, 0) is 37.2 Å². The molecular weight excluding hydrogens is 194 g/mol. The first-order valence-corrected chi connectivity index (χ1v) is 6.57. The molecule has 0 spiro atoms. The molecule has 86 valence electrons. The van der Waals surface area contributed by atoms with E-state index in [9.17, 15) is 0 Å². The molecule has 3 rings (SSSR count). The Morgan fingerprint density at radius 3 is 2.50 bits per heavy atom. The van der Waals surface area contributed by atoms with E-state index < -0.39 is 0 Å². The molecule has 2 atom stereocenters. The van der Waals surface area contributed by atoms with Crippen molar-refractivity contribution >= 4 is 0 Å². The minimum atomic E-state index is 0.129. The molecule has 2 saturated carbocycles. The van der Waals surface area contributed by atoms with E-state index >= 15 is 0 Å². The number of rotatable bonds is 4. The zero-order valence-electron chi connectivity index (χ0n) is 10.1. The van der Waals surface area contributed by atoms with Crippen LogP contribution in [-0.2, 0) is 5.41 Å². The lowest BCUT2D eigenvalue weighted by atomic mass is 9.84. The highest BCUT2D eigenvalue weighted by Gasteiger charge is 2.68. The van der Waals surface area contributed by atoms with E-state index in [1.54, 1.807) is 0 Å². The van der Waals surface area contributed by atoms with E-state index in [0.717, 1.165) is 5.92 Å². The third kappa shape index (κ3) is 1.27. The maximum Gasteiger partial charge on any atom is 0.0284 e. The van der Waals surface area contributed by atoms with Crippen molar-refractivity contribution in [3.8, 4) is 0 Å². The van der Waals surface area contributed by atoms with Gasteiger partial charge in [0.1, 0.15) is 0 Å². The minimum absolute atomic E-state index is 0.129. The Kier molecular flexibility index (Phi) is 2.16. The summed E-state index contributed by atoms with van der Waals surface area (Å²) in [6.45, 7) is 2.26. The second kappa shape index (κ2) is 3.33. The number of hydrogen-bond acceptors (Lipinski definition) is 1. The molecule has 0 amide bonds. The van der Waals surface area contributed by atoms with Crippen molar-refractivity contribution in [1.82, 2.24) is 0 Å². The zero-order chi connectivity index (χ0) is 11.2. The van der Waals surface area contributed by atoms with E-state index in [0.29, 0.717) is 5.41 Å². The molecule has 1 aromatic rings. The molecule has 0 aliphatic heterocycles. The summed E-state index contributed by atoms with van der Waals surface area (Å²) >= 11 is 0. The van der Waals surface area contributed by atoms with Crippen molar-refractivity contribution in [3.05, 3.63) is 35.9 Å². The van der Waals surface area contributed by atoms with E-state index in [1.807, 2.05) is 0 Å². The molecule has 1 aromatic carbocycles. The quantitative estimate of drug-likeness (QED) is 0.820. The summed E-state index contributed by atoms with van der Waals surface area (Å²) in [6, 6.07) is 10.9. The number of nitrogens with two attached hydrogens (primary N) is 1. The van der Waals surface area contributed by atoms with E-state index in [-0.39, 0.29) is 5.54 Å². The average Bonchev–Trinajstić information content (AvgIpc) is 3.18. The molecule has 0 bridgehead atoms. The van der Waals surface area contributed by atoms with Crippen molar-refractivity contribution in [2.24, 2.45) is 11.7 Å². The highest BCUT2D eigenvalue weighted by atomic mass is 14.9. The molecule has 2 aliphatic carbocycles. The van der Waals surface area contributed by atoms with Crippen LogP contribution in [0.2, 0.25) is 0 Å². The fourth-order valence-corrected chi connectivity index (χ4v) is 3.55. The van der Waals surface area contributed by atoms with Gasteiger partial charge in [-0.3, -0.25) is 0 Å². The van der Waals surface area contributed by atoms with Gasteiger partial charge in [0.2, 0.25) is 0 Å². The van der Waals surface area contributed by atoms with Crippen molar-refractivity contribution in [2.45, 2.75) is 50.0 Å². The number of hydrogen-bond donors (Lipinski definition) is 1. The Balaban J connectivity index is 1.85. The summed E-state index contributed by atoms with van der Waals surface area (Å²) in [7, 11) is 0. The summed E-state index contributed by atoms with van der Waals surface area (Å²) in [5, 5.41) is 0. The molecule has 0 saturated heterocycles. The second-order valence-corrected chi connectivity index (χ2v) is 5.68. The average molecular weight is 215 g/mol. The van der Waals surface area contributed by atoms with Gasteiger partial charge in [-0.25, -0.2) is 0 Å². The summed E-state index contributed by atoms with van der Waals surface area (Å²) in [4.78, 5) is 0. The predicted octanol–water partition coefficient (Wildman–Crippen LogP) is 3.24. The maximum atomic E-state index is 6.65. The molecule has 1 nitrogen and oxygen atoms in total. The van der Waals surface area contributed by atoms with Gasteiger partial charge < -0.3 is 5.73 Å². The summed E-state index contributed by atoms with van der Waals surface area (Å²) in [5.74, 6) is 0.778. The first kappa shape index (κ1) is 10.3. The molecule has 2 aliphatic rings. The van der Waals surface area contributed by atoms with Crippen LogP contribution in [0.1, 0.15) is 44.6 Å². The van der Waals surface area contributed by atoms with E-state index in [1.165, 1.54) is 37.7 Å². The van der Waals surface area contributed by atoms with Crippen LogP contribution in [0, 0.1) is 5.92 Å². The lowest BCUT2D eigenvalue weighted by Crippen LogP contribution is -2.39. The van der Waals surface area contributed by atoms with E-state index in [2.05, 4.69) is 37.3 Å². The third-order valence-electron chi connectivity index (χ3n) is 4.76. The molecule has 16 heavy (non-hydrogen) atoms. The van der Waals surface area contributed by atoms with Crippen molar-refractivity contribution < 1.29 is 0 Å². The van der Waals surface area contributed by atoms with Gasteiger partial charge >= 0.3 is 0 Å². The fourth-order valence-electron chi connectivity index (χ4n) is 3.55. The summed E-state index contributed by atoms with van der Waals surface area (Å²) in [5.41, 5.74) is 8.60. The van der Waals surface area contributed by atoms with Crippen LogP contribution in [0.15, 0.2) is 30.3 Å². The molecule has 1 heteroatoms. The van der Waals surface area contributed by atoms with Gasteiger partial charge in [0.25, 0.3) is 0 Å². The highest BCUT2D eigenvalue weighted by molar-refractivity contribution is 5.41. The van der Waals surface area contributed by atoms with Crippen LogP contribution in [0.5, 0.6) is 0 Å². The van der Waals surface area contributed by atoms with Crippen molar-refractivity contribution in [1.29, 1.82) is 0 Å². The topological polar surface area (TPSA) is 26.0 Å². The van der Waals surface area contributed by atoms with Crippen LogP contribution < -0.4 is 5.73 Å². The Morgan fingerprint density at radius 1 is 1.25 bits per heavy atom. The maximum absolute atomic E-state index is 6.65. The van der Waals surface area contributed by atoms with Gasteiger partial charge in [0.15, 0.2) is 0 Å². The Bertz CT molecular complexity index is 380. The zero-order valence-corrected chi connectivity index (χ0v) is 10.1. The smallest absolute Gasteiger partial charge is 0.0284 e. The van der Waals surface area contributed by atoms with Gasteiger partial charge in [-0.15, -0.1) is 0 Å². The van der Waals surface area contributed by atoms with Crippen LogP contribution in [0.3, 0.4) is 0 Å². The molecule has 0 radical (unpaired) electrons. The molecule has 0 heterocycles. The highest BCUT2D eigenvalue weighted by Crippen LogP contribution is 2.67. The van der Waals surface area contributed by atoms with Gasteiger partial charge in [0, 0.05) is 11.0 Å². The van der Waals surface area contributed by atoms with Crippen LogP contribution in [0.4, 0.5) is 0 Å². The normalized spacial score (nSPS) is 34.8. The summed E-state index contributed by atoms with van der Waals surface area (Å²) in [6.07, 6.45) is 6.43. The predicted molar refractivity (Wildman–Crippen MR) is 67.3 cm³/mol. The first-order chi connectivity index (χ1) is 7.73. The van der Waals surface area contributed by atoms with Gasteiger partial charge in [-0.2, -0.15) is 0 Å². The number of benzene rings is 1. The minimum Gasteiger partial charge on any atom is -0.324 e. The molecule has 2 unspecified atom stereocenters. The van der Waals surface area contributed by atoms with Crippen molar-refractivity contribution in [2.75, 3.05) is 0 Å². The fraction of sp³-hybridized carbons (Fsp3) is 0.600. The molecule has 0 aromatic heterocycles. The lowest BCUT2D eigenvalue weighted by Gasteiger charge is -2.25. The summed E-state index contributed by atoms with van der Waals surface area (Å²) < 4.78 is 0. The van der Waals surface area contributed by atoms with Gasteiger partial charge in [0.05, 0.1) is 0 Å². The first-order valence-electron chi connectivity index (χ1n) is 6.57. The Labute approximate surface area is 98.0 Å². The standard InChI is InChI=1S/C15H21N/c1-2-6-13-11-15(13,16)14(9-10-14)12-7-4-3-5-8-12/h3-5,7-8,13H,2,6,9-11,16H2,1H3. The third-order valence-corrected chi connectivity index (χ3v) is 4.76. The largest absolute Gasteiger partial charge is 0.324 e. The molecule has 2 N–H and O–H groups in total. The van der Waals surface area contributed by atoms with Crippen LogP contribution >= 0.6 is 0 Å². The van der Waals surface area contributed by atoms with E-state index in [4.69, 9.17) is 5.73 Å². The monoisotopic (exact) mass is 215 g/mol. The van der Waals surface area contributed by atoms with Crippen molar-refractivity contribution in [3.63, 3.8) is 0 Å². The lowest BCUT2D eigenvalue weighted by molar-refractivity contribution is 0.446. The van der Waals surface area contributed by atoms with Gasteiger partial charge in [-0.1, -0.05) is 43.7 Å². The second-order valence-electron chi connectivity index (χ2n) is 5.68. The van der Waals surface area contributed by atoms with Crippen LogP contribution in [-0.4, -0.2) is 5.54 Å².